The molecule has 0 spiro atoms. The second-order valence-corrected chi connectivity index (χ2v) is 6.58. The maximum absolute atomic E-state index is 12.1. The quantitative estimate of drug-likeness (QED) is 0.769. The number of carboxylic acids is 1. The van der Waals surface area contributed by atoms with Crippen LogP contribution in [-0.2, 0) is 27.4 Å². The molecule has 0 aliphatic carbocycles. The number of likely N-dealkylation sites (N-methyl/N-ethyl adjacent to an activating group) is 1. The average Bonchev–Trinajstić information content (AvgIpc) is 2.83. The van der Waals surface area contributed by atoms with Crippen molar-refractivity contribution in [2.45, 2.75) is 18.3 Å². The molecule has 2 aliphatic rings. The van der Waals surface area contributed by atoms with E-state index in [4.69, 9.17) is 9.84 Å². The summed E-state index contributed by atoms with van der Waals surface area (Å²) in [5.41, 5.74) is 1.05. The highest BCUT2D eigenvalue weighted by molar-refractivity contribution is 8.02. The zero-order valence-electron chi connectivity index (χ0n) is 13.4. The number of thioether (sulfide) groups is 1. The highest BCUT2D eigenvalue weighted by atomic mass is 32.2. The lowest BCUT2D eigenvalue weighted by Gasteiger charge is -2.22. The minimum atomic E-state index is -1.09. The molecular weight excluding hydrogens is 332 g/mol. The number of nitrogens with zero attached hydrogens (tertiary/aromatic N) is 3. The van der Waals surface area contributed by atoms with Crippen LogP contribution in [0, 0.1) is 0 Å². The predicted molar refractivity (Wildman–Crippen MR) is 87.8 cm³/mol. The van der Waals surface area contributed by atoms with Crippen LogP contribution in [0.25, 0.3) is 0 Å². The van der Waals surface area contributed by atoms with Crippen molar-refractivity contribution in [3.8, 4) is 0 Å². The van der Waals surface area contributed by atoms with Gasteiger partial charge in [-0.2, -0.15) is 0 Å². The van der Waals surface area contributed by atoms with Gasteiger partial charge in [-0.3, -0.25) is 4.90 Å². The van der Waals surface area contributed by atoms with Crippen LogP contribution in [0.2, 0.25) is 0 Å². The largest absolute Gasteiger partial charge is 0.477 e. The smallest absolute Gasteiger partial charge is 0.352 e. The molecule has 0 saturated carbocycles. The van der Waals surface area contributed by atoms with Crippen LogP contribution in [0.15, 0.2) is 29.1 Å². The maximum Gasteiger partial charge on any atom is 0.352 e. The molecule has 1 atom stereocenters. The van der Waals surface area contributed by atoms with Gasteiger partial charge in [0.1, 0.15) is 11.5 Å². The van der Waals surface area contributed by atoms with Crippen molar-refractivity contribution in [3.05, 3.63) is 40.6 Å². The molecule has 0 fully saturated rings. The Hall–Kier alpha value is -2.26. The van der Waals surface area contributed by atoms with E-state index in [0.29, 0.717) is 11.3 Å². The van der Waals surface area contributed by atoms with Crippen LogP contribution >= 0.6 is 11.8 Å². The number of carboxylic acid groups (broad SMARTS) is 1. The van der Waals surface area contributed by atoms with Gasteiger partial charge in [0.05, 0.1) is 30.2 Å². The molecule has 2 aliphatic heterocycles. The van der Waals surface area contributed by atoms with E-state index in [1.54, 1.807) is 0 Å². The maximum atomic E-state index is 12.1. The van der Waals surface area contributed by atoms with Crippen molar-refractivity contribution < 1.29 is 19.4 Å². The summed E-state index contributed by atoms with van der Waals surface area (Å²) in [5.74, 6) is -0.666. The molecule has 1 unspecified atom stereocenters. The summed E-state index contributed by atoms with van der Waals surface area (Å²) in [4.78, 5) is 30.1. The topological polar surface area (TPSA) is 96.7 Å². The lowest BCUT2D eigenvalue weighted by molar-refractivity contribution is -0.136. The number of aromatic nitrogens is 2. The Labute approximate surface area is 143 Å². The van der Waals surface area contributed by atoms with E-state index in [9.17, 15) is 9.59 Å². The summed E-state index contributed by atoms with van der Waals surface area (Å²) >= 11 is 1.23. The van der Waals surface area contributed by atoms with Gasteiger partial charge in [0.2, 0.25) is 0 Å². The van der Waals surface area contributed by atoms with E-state index in [-0.39, 0.29) is 5.70 Å². The summed E-state index contributed by atoms with van der Waals surface area (Å²) in [6, 6.07) is 0. The Kier molecular flexibility index (Phi) is 4.63. The highest BCUT2D eigenvalue weighted by Crippen LogP contribution is 2.38. The number of esters is 1. The number of aliphatic carboxylic acids is 1. The molecule has 8 nitrogen and oxygen atoms in total. The number of rotatable bonds is 3. The fraction of sp³-hybridized carbons (Fsp3) is 0.400. The van der Waals surface area contributed by atoms with Gasteiger partial charge < -0.3 is 19.7 Å². The second kappa shape index (κ2) is 6.70. The summed E-state index contributed by atoms with van der Waals surface area (Å²) in [6.07, 6.45) is 3.32. The van der Waals surface area contributed by atoms with E-state index >= 15 is 0 Å². The molecule has 9 heteroatoms. The monoisotopic (exact) mass is 350 g/mol. The number of imidazole rings is 1. The van der Waals surface area contributed by atoms with Crippen molar-refractivity contribution in [2.75, 3.05) is 20.7 Å². The SMILES string of the molecule is COC(=O)C1=CNC(C(=O)O)=CSC1c1cn2c(n1)CN(C)CC2. The van der Waals surface area contributed by atoms with Crippen LogP contribution in [-0.4, -0.2) is 52.2 Å². The predicted octanol–water partition coefficient (Wildman–Crippen LogP) is 0.689. The molecule has 0 aromatic carbocycles. The third kappa shape index (κ3) is 3.17. The molecule has 3 rings (SSSR count). The zero-order valence-corrected chi connectivity index (χ0v) is 14.2. The lowest BCUT2D eigenvalue weighted by atomic mass is 10.1. The first-order valence-corrected chi connectivity index (χ1v) is 8.32. The van der Waals surface area contributed by atoms with E-state index in [2.05, 4.69) is 19.8 Å². The van der Waals surface area contributed by atoms with Gasteiger partial charge in [-0.25, -0.2) is 14.6 Å². The molecule has 0 radical (unpaired) electrons. The number of methoxy groups -OCH3 is 1. The summed E-state index contributed by atoms with van der Waals surface area (Å²) in [6.45, 7) is 2.51. The molecule has 0 amide bonds. The van der Waals surface area contributed by atoms with E-state index in [1.807, 2.05) is 13.2 Å². The number of fused-ring (bicyclic) bond motifs is 1. The number of nitrogens with one attached hydrogen (secondary N) is 1. The van der Waals surface area contributed by atoms with E-state index < -0.39 is 17.2 Å². The van der Waals surface area contributed by atoms with Crippen molar-refractivity contribution >= 4 is 23.7 Å². The van der Waals surface area contributed by atoms with Crippen LogP contribution in [0.3, 0.4) is 0 Å². The van der Waals surface area contributed by atoms with Crippen molar-refractivity contribution in [1.29, 1.82) is 0 Å². The first-order valence-electron chi connectivity index (χ1n) is 7.38. The van der Waals surface area contributed by atoms with Gasteiger partial charge in [-0.15, -0.1) is 11.8 Å². The van der Waals surface area contributed by atoms with E-state index in [1.165, 1.54) is 30.5 Å². The first kappa shape index (κ1) is 16.6. The standard InChI is InChI=1S/C15H18N4O4S/c1-18-3-4-19-6-10(17-12(19)7-18)13-9(15(22)23-2)5-16-11(8-24-13)14(20)21/h5-6,8,13,16H,3-4,7H2,1-2H3,(H,20,21). The van der Waals surface area contributed by atoms with Crippen LogP contribution < -0.4 is 5.32 Å². The Bertz CT molecular complexity index is 740. The van der Waals surface area contributed by atoms with Crippen molar-refractivity contribution in [1.82, 2.24) is 19.8 Å². The third-order valence-corrected chi connectivity index (χ3v) is 5.06. The van der Waals surface area contributed by atoms with Crippen LogP contribution in [0.4, 0.5) is 0 Å². The van der Waals surface area contributed by atoms with Gasteiger partial charge in [0.25, 0.3) is 0 Å². The zero-order chi connectivity index (χ0) is 17.3. The van der Waals surface area contributed by atoms with Gasteiger partial charge in [-0.1, -0.05) is 0 Å². The second-order valence-electron chi connectivity index (χ2n) is 5.60. The summed E-state index contributed by atoms with van der Waals surface area (Å²) < 4.78 is 6.91. The molecule has 128 valence electrons. The van der Waals surface area contributed by atoms with Gasteiger partial charge in [-0.05, 0) is 7.05 Å². The Morgan fingerprint density at radius 2 is 2.25 bits per heavy atom. The third-order valence-electron chi connectivity index (χ3n) is 3.92. The summed E-state index contributed by atoms with van der Waals surface area (Å²) in [7, 11) is 3.33. The van der Waals surface area contributed by atoms with Crippen molar-refractivity contribution in [2.24, 2.45) is 0 Å². The Morgan fingerprint density at radius 3 is 2.96 bits per heavy atom. The molecular formula is C15H18N4O4S. The molecule has 3 heterocycles. The normalized spacial score (nSPS) is 21.0. The van der Waals surface area contributed by atoms with Gasteiger partial charge in [0.15, 0.2) is 0 Å². The number of carbonyl (C=O) groups is 2. The minimum absolute atomic E-state index is 0.00705. The molecule has 2 N–H and O–H groups in total. The van der Waals surface area contributed by atoms with Gasteiger partial charge in [0, 0.05) is 30.9 Å². The average molecular weight is 350 g/mol. The first-order chi connectivity index (χ1) is 11.5. The summed E-state index contributed by atoms with van der Waals surface area (Å²) in [5, 5.41) is 12.9. The van der Waals surface area contributed by atoms with Gasteiger partial charge >= 0.3 is 11.9 Å². The van der Waals surface area contributed by atoms with Crippen LogP contribution in [0.5, 0.6) is 0 Å². The minimum Gasteiger partial charge on any atom is -0.477 e. The molecule has 1 aromatic heterocycles. The molecule has 24 heavy (non-hydrogen) atoms. The number of ether oxygens (including phenoxy) is 1. The Balaban J connectivity index is 1.96. The number of carbonyl (C=O) groups excluding carboxylic acids is 1. The molecule has 0 saturated heterocycles. The van der Waals surface area contributed by atoms with Crippen molar-refractivity contribution in [3.63, 3.8) is 0 Å². The lowest BCUT2D eigenvalue weighted by Crippen LogP contribution is -2.30. The fourth-order valence-electron chi connectivity index (χ4n) is 2.62. The molecule has 1 aromatic rings. The molecule has 0 bridgehead atoms. The fourth-order valence-corrected chi connectivity index (χ4v) is 3.63. The number of hydrogen-bond acceptors (Lipinski definition) is 7. The van der Waals surface area contributed by atoms with E-state index in [0.717, 1.165) is 25.5 Å². The highest BCUT2D eigenvalue weighted by Gasteiger charge is 2.30. The number of hydrogen-bond donors (Lipinski definition) is 2. The van der Waals surface area contributed by atoms with Crippen LogP contribution in [0.1, 0.15) is 16.8 Å². The Morgan fingerprint density at radius 1 is 1.46 bits per heavy atom.